The van der Waals surface area contributed by atoms with Gasteiger partial charge in [-0.15, -0.1) is 0 Å². The number of aromatic nitrogens is 1. The van der Waals surface area contributed by atoms with Crippen molar-refractivity contribution >= 4 is 16.6 Å². The van der Waals surface area contributed by atoms with E-state index in [1.165, 1.54) is 5.56 Å². The standard InChI is InChI=1S/C21H30N2O2/c1-14(2)23-18-7-6-15(8-9-21(3,4)5)12-16(18)19(20(23)24)17-13-25-11-10-22-17/h6-7,12,14,24H,8-11,13H2,1-5H3. The van der Waals surface area contributed by atoms with E-state index >= 15 is 0 Å². The average Bonchev–Trinajstić information content (AvgIpc) is 2.84. The number of hydrogen-bond donors (Lipinski definition) is 1. The molecule has 0 saturated heterocycles. The minimum atomic E-state index is 0.182. The first-order chi connectivity index (χ1) is 11.8. The monoisotopic (exact) mass is 342 g/mol. The molecule has 0 bridgehead atoms. The zero-order chi connectivity index (χ0) is 18.2. The van der Waals surface area contributed by atoms with Crippen molar-refractivity contribution in [2.45, 2.75) is 53.5 Å². The summed E-state index contributed by atoms with van der Waals surface area (Å²) >= 11 is 0. The molecule has 2 heterocycles. The Morgan fingerprint density at radius 1 is 1.28 bits per heavy atom. The van der Waals surface area contributed by atoms with Crippen LogP contribution in [0.25, 0.3) is 10.9 Å². The second-order valence-electron chi connectivity index (χ2n) is 8.46. The summed E-state index contributed by atoms with van der Waals surface area (Å²) in [6, 6.07) is 6.74. The maximum absolute atomic E-state index is 10.9. The molecule has 0 spiro atoms. The number of ether oxygens (including phenoxy) is 1. The Labute approximate surface area is 150 Å². The van der Waals surface area contributed by atoms with Crippen LogP contribution in [-0.2, 0) is 11.2 Å². The second-order valence-corrected chi connectivity index (χ2v) is 8.46. The zero-order valence-corrected chi connectivity index (χ0v) is 16.1. The van der Waals surface area contributed by atoms with Gasteiger partial charge < -0.3 is 14.4 Å². The third kappa shape index (κ3) is 3.74. The topological polar surface area (TPSA) is 46.8 Å². The Balaban J connectivity index is 2.11. The number of hydrogen-bond acceptors (Lipinski definition) is 3. The Bertz CT molecular complexity index is 794. The molecule has 0 fully saturated rings. The molecule has 1 aliphatic heterocycles. The predicted molar refractivity (Wildman–Crippen MR) is 104 cm³/mol. The van der Waals surface area contributed by atoms with Gasteiger partial charge in [0.25, 0.3) is 0 Å². The van der Waals surface area contributed by atoms with Crippen molar-refractivity contribution in [3.8, 4) is 5.88 Å². The van der Waals surface area contributed by atoms with E-state index < -0.39 is 0 Å². The van der Waals surface area contributed by atoms with Crippen LogP contribution in [0.5, 0.6) is 5.88 Å². The third-order valence-electron chi connectivity index (χ3n) is 4.79. The molecule has 0 aliphatic carbocycles. The van der Waals surface area contributed by atoms with Gasteiger partial charge in [-0.2, -0.15) is 0 Å². The van der Waals surface area contributed by atoms with E-state index in [9.17, 15) is 5.11 Å². The minimum absolute atomic E-state index is 0.182. The highest BCUT2D eigenvalue weighted by Gasteiger charge is 2.23. The quantitative estimate of drug-likeness (QED) is 0.873. The molecule has 25 heavy (non-hydrogen) atoms. The number of rotatable bonds is 4. The first-order valence-corrected chi connectivity index (χ1v) is 9.25. The molecular weight excluding hydrogens is 312 g/mol. The Hall–Kier alpha value is -1.81. The van der Waals surface area contributed by atoms with Crippen LogP contribution in [0.2, 0.25) is 0 Å². The van der Waals surface area contributed by atoms with Crippen molar-refractivity contribution in [1.29, 1.82) is 0 Å². The fourth-order valence-corrected chi connectivity index (χ4v) is 3.44. The normalized spacial score (nSPS) is 15.8. The summed E-state index contributed by atoms with van der Waals surface area (Å²) in [6.45, 7) is 12.8. The Morgan fingerprint density at radius 3 is 2.64 bits per heavy atom. The van der Waals surface area contributed by atoms with Gasteiger partial charge in [-0.1, -0.05) is 26.8 Å². The summed E-state index contributed by atoms with van der Waals surface area (Å²) < 4.78 is 7.58. The predicted octanol–water partition coefficient (Wildman–Crippen LogP) is 4.73. The molecule has 4 nitrogen and oxygen atoms in total. The molecule has 3 rings (SSSR count). The lowest BCUT2D eigenvalue weighted by Gasteiger charge is -2.18. The van der Waals surface area contributed by atoms with Crippen LogP contribution in [0.1, 0.15) is 58.2 Å². The lowest BCUT2D eigenvalue weighted by molar-refractivity contribution is 0.171. The molecule has 0 amide bonds. The molecule has 1 N–H and O–H groups in total. The molecule has 1 aromatic carbocycles. The largest absolute Gasteiger partial charge is 0.494 e. The van der Waals surface area contributed by atoms with E-state index in [1.807, 2.05) is 4.57 Å². The first kappa shape index (κ1) is 18.0. The molecule has 0 unspecified atom stereocenters. The van der Waals surface area contributed by atoms with Gasteiger partial charge in [-0.25, -0.2) is 0 Å². The maximum atomic E-state index is 10.9. The third-order valence-corrected chi connectivity index (χ3v) is 4.79. The lowest BCUT2D eigenvalue weighted by Crippen LogP contribution is -2.18. The number of aromatic hydroxyl groups is 1. The SMILES string of the molecule is CC(C)n1c(O)c(C2=NCCOC2)c2cc(CCC(C)(C)C)ccc21. The molecule has 0 atom stereocenters. The number of benzene rings is 1. The number of nitrogens with zero attached hydrogens (tertiary/aromatic N) is 2. The molecule has 4 heteroatoms. The Kier molecular flexibility index (Phi) is 4.92. The van der Waals surface area contributed by atoms with E-state index in [4.69, 9.17) is 4.74 Å². The molecular formula is C21H30N2O2. The smallest absolute Gasteiger partial charge is 0.201 e. The van der Waals surface area contributed by atoms with Gasteiger partial charge in [0.1, 0.15) is 0 Å². The highest BCUT2D eigenvalue weighted by molar-refractivity contribution is 6.14. The van der Waals surface area contributed by atoms with Crippen LogP contribution < -0.4 is 0 Å². The van der Waals surface area contributed by atoms with Gasteiger partial charge in [0.2, 0.25) is 5.88 Å². The molecule has 0 saturated carbocycles. The fourth-order valence-electron chi connectivity index (χ4n) is 3.44. The highest BCUT2D eigenvalue weighted by Crippen LogP contribution is 2.36. The molecule has 1 aromatic heterocycles. The molecule has 0 radical (unpaired) electrons. The van der Waals surface area contributed by atoms with Crippen molar-refractivity contribution < 1.29 is 9.84 Å². The van der Waals surface area contributed by atoms with Crippen molar-refractivity contribution in [1.82, 2.24) is 4.57 Å². The highest BCUT2D eigenvalue weighted by atomic mass is 16.5. The van der Waals surface area contributed by atoms with Crippen molar-refractivity contribution in [2.75, 3.05) is 19.8 Å². The van der Waals surface area contributed by atoms with E-state index in [0.717, 1.165) is 35.0 Å². The van der Waals surface area contributed by atoms with E-state index in [0.29, 0.717) is 31.1 Å². The van der Waals surface area contributed by atoms with Crippen LogP contribution >= 0.6 is 0 Å². The Morgan fingerprint density at radius 2 is 2.04 bits per heavy atom. The summed E-state index contributed by atoms with van der Waals surface area (Å²) in [4.78, 5) is 4.62. The number of aliphatic imine (C=N–C) groups is 1. The van der Waals surface area contributed by atoms with Crippen LogP contribution in [-0.4, -0.2) is 35.1 Å². The van der Waals surface area contributed by atoms with Gasteiger partial charge in [0.05, 0.1) is 36.6 Å². The molecule has 2 aromatic rings. The second kappa shape index (κ2) is 6.83. The summed E-state index contributed by atoms with van der Waals surface area (Å²) in [5.74, 6) is 0.308. The van der Waals surface area contributed by atoms with Gasteiger partial charge in [0, 0.05) is 11.4 Å². The number of fused-ring (bicyclic) bond motifs is 1. The fraction of sp³-hybridized carbons (Fsp3) is 0.571. The van der Waals surface area contributed by atoms with Gasteiger partial charge >= 0.3 is 0 Å². The number of aryl methyl sites for hydroxylation is 1. The minimum Gasteiger partial charge on any atom is -0.494 e. The molecule has 1 aliphatic rings. The lowest BCUT2D eigenvalue weighted by atomic mass is 9.88. The van der Waals surface area contributed by atoms with Crippen molar-refractivity contribution in [3.05, 3.63) is 29.3 Å². The molecule has 136 valence electrons. The van der Waals surface area contributed by atoms with Gasteiger partial charge in [-0.3, -0.25) is 4.99 Å². The summed E-state index contributed by atoms with van der Waals surface area (Å²) in [5, 5.41) is 12.0. The van der Waals surface area contributed by atoms with E-state index in [1.54, 1.807) is 0 Å². The summed E-state index contributed by atoms with van der Waals surface area (Å²) in [6.07, 6.45) is 2.17. The summed E-state index contributed by atoms with van der Waals surface area (Å²) in [7, 11) is 0. The van der Waals surface area contributed by atoms with Crippen LogP contribution in [0, 0.1) is 5.41 Å². The maximum Gasteiger partial charge on any atom is 0.201 e. The van der Waals surface area contributed by atoms with Crippen LogP contribution in [0.3, 0.4) is 0 Å². The zero-order valence-electron chi connectivity index (χ0n) is 16.1. The van der Waals surface area contributed by atoms with Gasteiger partial charge in [-0.05, 0) is 49.8 Å². The summed E-state index contributed by atoms with van der Waals surface area (Å²) in [5.41, 5.74) is 4.39. The van der Waals surface area contributed by atoms with Crippen LogP contribution in [0.4, 0.5) is 0 Å². The van der Waals surface area contributed by atoms with Crippen molar-refractivity contribution in [3.63, 3.8) is 0 Å². The first-order valence-electron chi connectivity index (χ1n) is 9.25. The van der Waals surface area contributed by atoms with E-state index in [-0.39, 0.29) is 6.04 Å². The van der Waals surface area contributed by atoms with Crippen molar-refractivity contribution in [2.24, 2.45) is 10.4 Å². The van der Waals surface area contributed by atoms with Crippen LogP contribution in [0.15, 0.2) is 23.2 Å². The van der Waals surface area contributed by atoms with E-state index in [2.05, 4.69) is 57.8 Å². The van der Waals surface area contributed by atoms with Gasteiger partial charge in [0.15, 0.2) is 0 Å². The average molecular weight is 342 g/mol.